The summed E-state index contributed by atoms with van der Waals surface area (Å²) < 4.78 is 0. The molecule has 1 amide bonds. The number of amides is 1. The van der Waals surface area contributed by atoms with Crippen LogP contribution in [0.5, 0.6) is 0 Å². The van der Waals surface area contributed by atoms with E-state index in [2.05, 4.69) is 5.32 Å². The second kappa shape index (κ2) is 6.37. The first kappa shape index (κ1) is 12.9. The van der Waals surface area contributed by atoms with Crippen LogP contribution in [0.25, 0.3) is 0 Å². The van der Waals surface area contributed by atoms with Crippen LogP contribution < -0.4 is 11.1 Å². The van der Waals surface area contributed by atoms with Crippen LogP contribution in [0.2, 0.25) is 0 Å². The number of hydrogen-bond acceptors (Lipinski definition) is 3. The molecule has 0 aliphatic carbocycles. The number of aliphatic carboxylic acids is 1. The monoisotopic (exact) mass is 202 g/mol. The zero-order valence-corrected chi connectivity index (χ0v) is 8.62. The van der Waals surface area contributed by atoms with E-state index in [1.54, 1.807) is 6.92 Å². The van der Waals surface area contributed by atoms with Crippen LogP contribution in [0.1, 0.15) is 33.1 Å². The first-order valence-electron chi connectivity index (χ1n) is 4.81. The minimum absolute atomic E-state index is 0.361. The van der Waals surface area contributed by atoms with Gasteiger partial charge in [0.25, 0.3) is 0 Å². The molecule has 0 aromatic heterocycles. The Morgan fingerprint density at radius 2 is 2.00 bits per heavy atom. The third-order valence-electron chi connectivity index (χ3n) is 1.96. The normalized spacial score (nSPS) is 14.5. The highest BCUT2D eigenvalue weighted by Crippen LogP contribution is 1.96. The number of nitrogens with one attached hydrogen (secondary N) is 1. The van der Waals surface area contributed by atoms with E-state index in [1.165, 1.54) is 0 Å². The summed E-state index contributed by atoms with van der Waals surface area (Å²) in [5.41, 5.74) is 5.53. The van der Waals surface area contributed by atoms with Gasteiger partial charge in [-0.15, -0.1) is 0 Å². The molecule has 0 aromatic carbocycles. The summed E-state index contributed by atoms with van der Waals surface area (Å²) in [7, 11) is 0. The molecule has 5 heteroatoms. The zero-order valence-electron chi connectivity index (χ0n) is 8.62. The van der Waals surface area contributed by atoms with Crippen LogP contribution in [0.4, 0.5) is 0 Å². The summed E-state index contributed by atoms with van der Waals surface area (Å²) in [5.74, 6) is -1.41. The van der Waals surface area contributed by atoms with Gasteiger partial charge in [-0.25, -0.2) is 4.79 Å². The standard InChI is InChI=1S/C9H18N2O3/c1-3-5-6(10)8(12)11-7(4-2)9(13)14/h6-7H,3-5,10H2,1-2H3,(H,11,12)(H,13,14). The van der Waals surface area contributed by atoms with Crippen molar-refractivity contribution in [3.63, 3.8) is 0 Å². The van der Waals surface area contributed by atoms with E-state index in [9.17, 15) is 9.59 Å². The fourth-order valence-corrected chi connectivity index (χ4v) is 1.06. The van der Waals surface area contributed by atoms with Crippen LogP contribution in [-0.2, 0) is 9.59 Å². The maximum Gasteiger partial charge on any atom is 0.326 e. The van der Waals surface area contributed by atoms with Gasteiger partial charge in [0.05, 0.1) is 6.04 Å². The minimum atomic E-state index is -1.02. The summed E-state index contributed by atoms with van der Waals surface area (Å²) >= 11 is 0. The molecular weight excluding hydrogens is 184 g/mol. The number of carbonyl (C=O) groups excluding carboxylic acids is 1. The highest BCUT2D eigenvalue weighted by atomic mass is 16.4. The van der Waals surface area contributed by atoms with Gasteiger partial charge in [-0.2, -0.15) is 0 Å². The molecule has 5 nitrogen and oxygen atoms in total. The Bertz CT molecular complexity index is 206. The number of nitrogens with two attached hydrogens (primary N) is 1. The molecule has 14 heavy (non-hydrogen) atoms. The molecule has 0 fully saturated rings. The van der Waals surface area contributed by atoms with E-state index in [0.29, 0.717) is 12.8 Å². The first-order chi connectivity index (χ1) is 6.52. The van der Waals surface area contributed by atoms with E-state index in [1.807, 2.05) is 6.92 Å². The Morgan fingerprint density at radius 1 is 1.43 bits per heavy atom. The molecule has 0 heterocycles. The Kier molecular flexibility index (Phi) is 5.87. The van der Waals surface area contributed by atoms with Gasteiger partial charge >= 0.3 is 5.97 Å². The van der Waals surface area contributed by atoms with Crippen LogP contribution in [0.15, 0.2) is 0 Å². The summed E-state index contributed by atoms with van der Waals surface area (Å²) in [6.45, 7) is 3.62. The second-order valence-electron chi connectivity index (χ2n) is 3.20. The number of rotatable bonds is 6. The largest absolute Gasteiger partial charge is 0.480 e. The average molecular weight is 202 g/mol. The van der Waals surface area contributed by atoms with Gasteiger partial charge in [0.2, 0.25) is 5.91 Å². The summed E-state index contributed by atoms with van der Waals surface area (Å²) in [6.07, 6.45) is 1.74. The molecule has 2 unspecified atom stereocenters. The predicted molar refractivity (Wildman–Crippen MR) is 52.7 cm³/mol. The van der Waals surface area contributed by atoms with Gasteiger partial charge in [-0.1, -0.05) is 20.3 Å². The molecule has 0 aliphatic rings. The fourth-order valence-electron chi connectivity index (χ4n) is 1.06. The number of carbonyl (C=O) groups is 2. The van der Waals surface area contributed by atoms with Crippen molar-refractivity contribution < 1.29 is 14.7 Å². The highest BCUT2D eigenvalue weighted by molar-refractivity contribution is 5.86. The number of carboxylic acids is 1. The van der Waals surface area contributed by atoms with Gasteiger partial charge < -0.3 is 16.2 Å². The van der Waals surface area contributed by atoms with Crippen molar-refractivity contribution in [3.8, 4) is 0 Å². The van der Waals surface area contributed by atoms with Gasteiger partial charge in [-0.3, -0.25) is 4.79 Å². The molecule has 2 atom stereocenters. The molecule has 0 bridgehead atoms. The molecule has 82 valence electrons. The van der Waals surface area contributed by atoms with Gasteiger partial charge in [-0.05, 0) is 12.8 Å². The first-order valence-corrected chi connectivity index (χ1v) is 4.81. The van der Waals surface area contributed by atoms with Crippen LogP contribution in [-0.4, -0.2) is 29.1 Å². The quantitative estimate of drug-likeness (QED) is 0.569. The Morgan fingerprint density at radius 3 is 2.36 bits per heavy atom. The van der Waals surface area contributed by atoms with E-state index in [0.717, 1.165) is 6.42 Å². The molecule has 0 saturated carbocycles. The molecule has 0 aliphatic heterocycles. The van der Waals surface area contributed by atoms with E-state index in [4.69, 9.17) is 10.8 Å². The van der Waals surface area contributed by atoms with Gasteiger partial charge in [0, 0.05) is 0 Å². The van der Waals surface area contributed by atoms with Crippen LogP contribution in [0.3, 0.4) is 0 Å². The lowest BCUT2D eigenvalue weighted by Crippen LogP contribution is -2.48. The SMILES string of the molecule is CCCC(N)C(=O)NC(CC)C(=O)O. The summed E-state index contributed by atoms with van der Waals surface area (Å²) in [6, 6.07) is -1.43. The van der Waals surface area contributed by atoms with Crippen molar-refractivity contribution in [2.75, 3.05) is 0 Å². The number of hydrogen-bond donors (Lipinski definition) is 3. The van der Waals surface area contributed by atoms with E-state index in [-0.39, 0.29) is 5.91 Å². The molecule has 0 spiro atoms. The molecule has 0 saturated heterocycles. The van der Waals surface area contributed by atoms with Crippen LogP contribution in [0, 0.1) is 0 Å². The maximum atomic E-state index is 11.3. The van der Waals surface area contributed by atoms with E-state index >= 15 is 0 Å². The highest BCUT2D eigenvalue weighted by Gasteiger charge is 2.20. The third-order valence-corrected chi connectivity index (χ3v) is 1.96. The smallest absolute Gasteiger partial charge is 0.326 e. The van der Waals surface area contributed by atoms with Crippen molar-refractivity contribution in [1.29, 1.82) is 0 Å². The lowest BCUT2D eigenvalue weighted by Gasteiger charge is -2.15. The lowest BCUT2D eigenvalue weighted by molar-refractivity contribution is -0.142. The van der Waals surface area contributed by atoms with Crippen molar-refractivity contribution >= 4 is 11.9 Å². The Balaban J connectivity index is 4.08. The van der Waals surface area contributed by atoms with Gasteiger partial charge in [0.15, 0.2) is 0 Å². The Labute approximate surface area is 83.7 Å². The third kappa shape index (κ3) is 4.23. The van der Waals surface area contributed by atoms with Crippen molar-refractivity contribution in [3.05, 3.63) is 0 Å². The van der Waals surface area contributed by atoms with Crippen molar-refractivity contribution in [2.24, 2.45) is 5.73 Å². The number of carboxylic acid groups (broad SMARTS) is 1. The minimum Gasteiger partial charge on any atom is -0.480 e. The summed E-state index contributed by atoms with van der Waals surface area (Å²) in [5, 5.41) is 11.1. The maximum absolute atomic E-state index is 11.3. The topological polar surface area (TPSA) is 92.4 Å². The molecular formula is C9H18N2O3. The molecule has 0 radical (unpaired) electrons. The molecule has 0 rings (SSSR count). The average Bonchev–Trinajstić information content (AvgIpc) is 2.13. The van der Waals surface area contributed by atoms with Crippen molar-refractivity contribution in [1.82, 2.24) is 5.32 Å². The Hall–Kier alpha value is -1.10. The predicted octanol–water partition coefficient (Wildman–Crippen LogP) is 0.0932. The van der Waals surface area contributed by atoms with Gasteiger partial charge in [0.1, 0.15) is 6.04 Å². The van der Waals surface area contributed by atoms with Crippen LogP contribution >= 0.6 is 0 Å². The van der Waals surface area contributed by atoms with Crippen molar-refractivity contribution in [2.45, 2.75) is 45.2 Å². The molecule has 4 N–H and O–H groups in total. The lowest BCUT2D eigenvalue weighted by atomic mass is 10.1. The fraction of sp³-hybridized carbons (Fsp3) is 0.778. The summed E-state index contributed by atoms with van der Waals surface area (Å²) in [4.78, 5) is 21.9. The second-order valence-corrected chi connectivity index (χ2v) is 3.20. The molecule has 0 aromatic rings. The van der Waals surface area contributed by atoms with E-state index < -0.39 is 18.1 Å². The zero-order chi connectivity index (χ0) is 11.1.